The third-order valence-corrected chi connectivity index (χ3v) is 3.82. The zero-order valence-corrected chi connectivity index (χ0v) is 14.1. The summed E-state index contributed by atoms with van der Waals surface area (Å²) in [5.74, 6) is -0.623. The van der Waals surface area contributed by atoms with Crippen molar-refractivity contribution in [2.24, 2.45) is 11.5 Å². The Morgan fingerprint density at radius 2 is 0.864 bits per heavy atom. The molecule has 2 amide bonds. The maximum absolute atomic E-state index is 10.7. The van der Waals surface area contributed by atoms with E-state index in [1.165, 1.54) is 38.5 Å². The average Bonchev–Trinajstić information content (AvgIpc) is 2.49. The van der Waals surface area contributed by atoms with Gasteiger partial charge in [0.25, 0.3) is 0 Å². The smallest absolute Gasteiger partial charge is 0.217 e. The molecule has 130 valence electrons. The SMILES string of the molecule is [2H]C([2H])(CCCCCCCCCCCCCC(N)=O)CCC(N)=O. The lowest BCUT2D eigenvalue weighted by molar-refractivity contribution is -0.119. The molecule has 0 aliphatic carbocycles. The van der Waals surface area contributed by atoms with Gasteiger partial charge < -0.3 is 11.5 Å². The Kier molecular flexibility index (Phi) is 12.8. The van der Waals surface area contributed by atoms with Crippen LogP contribution in [0.5, 0.6) is 0 Å². The standard InChI is InChI=1S/C18H36N2O2/c19-17(21)15-13-11-9-7-5-3-1-2-4-6-8-10-12-14-16-18(20)22/h1-16H2,(H2,19,21)(H2,20,22)/i11D2. The maximum Gasteiger partial charge on any atom is 0.217 e. The predicted octanol–water partition coefficient (Wildman–Crippen LogP) is 4.20. The Bertz CT molecular complexity index is 350. The second kappa shape index (κ2) is 16.3. The van der Waals surface area contributed by atoms with Gasteiger partial charge in [-0.1, -0.05) is 77.0 Å². The van der Waals surface area contributed by atoms with Crippen LogP contribution in [0.15, 0.2) is 0 Å². The van der Waals surface area contributed by atoms with Crippen LogP contribution in [0.4, 0.5) is 0 Å². The molecular weight excluding hydrogens is 276 g/mol. The minimum Gasteiger partial charge on any atom is -0.370 e. The zero-order valence-electron chi connectivity index (χ0n) is 16.1. The molecule has 0 fully saturated rings. The van der Waals surface area contributed by atoms with Gasteiger partial charge in [-0.25, -0.2) is 0 Å². The van der Waals surface area contributed by atoms with Crippen LogP contribution in [0.1, 0.15) is 105 Å². The number of carbonyl (C=O) groups is 2. The Labute approximate surface area is 139 Å². The van der Waals surface area contributed by atoms with Gasteiger partial charge in [-0.15, -0.1) is 0 Å². The molecule has 0 aromatic heterocycles. The van der Waals surface area contributed by atoms with Crippen LogP contribution < -0.4 is 11.5 Å². The number of hydrogen-bond acceptors (Lipinski definition) is 2. The predicted molar refractivity (Wildman–Crippen MR) is 92.3 cm³/mol. The highest BCUT2D eigenvalue weighted by Gasteiger charge is 1.97. The van der Waals surface area contributed by atoms with Crippen LogP contribution in [-0.2, 0) is 9.59 Å². The van der Waals surface area contributed by atoms with Crippen molar-refractivity contribution < 1.29 is 12.3 Å². The number of nitrogens with two attached hydrogens (primary N) is 2. The average molecular weight is 315 g/mol. The molecule has 0 spiro atoms. The summed E-state index contributed by atoms with van der Waals surface area (Å²) in [5.41, 5.74) is 10.2. The van der Waals surface area contributed by atoms with Gasteiger partial charge in [0.2, 0.25) is 11.8 Å². The summed E-state index contributed by atoms with van der Waals surface area (Å²) in [6.45, 7) is 0. The van der Waals surface area contributed by atoms with Crippen molar-refractivity contribution in [2.75, 3.05) is 0 Å². The lowest BCUT2D eigenvalue weighted by Crippen LogP contribution is -2.09. The molecule has 4 nitrogen and oxygen atoms in total. The lowest BCUT2D eigenvalue weighted by atomic mass is 10.0. The molecule has 0 radical (unpaired) electrons. The Hall–Kier alpha value is -1.06. The molecule has 4 N–H and O–H groups in total. The maximum atomic E-state index is 10.7. The van der Waals surface area contributed by atoms with E-state index in [9.17, 15) is 9.59 Å². The summed E-state index contributed by atoms with van der Waals surface area (Å²) in [7, 11) is 0. The summed E-state index contributed by atoms with van der Waals surface area (Å²) >= 11 is 0. The van der Waals surface area contributed by atoms with Crippen LogP contribution in [-0.4, -0.2) is 11.8 Å². The van der Waals surface area contributed by atoms with E-state index in [-0.39, 0.29) is 18.7 Å². The van der Waals surface area contributed by atoms with Crippen molar-refractivity contribution in [2.45, 2.75) is 103 Å². The highest BCUT2D eigenvalue weighted by molar-refractivity contribution is 5.73. The van der Waals surface area contributed by atoms with Gasteiger partial charge in [0, 0.05) is 15.6 Å². The molecule has 4 heteroatoms. The second-order valence-electron chi connectivity index (χ2n) is 6.07. The molecular formula is C18H36N2O2. The Balaban J connectivity index is 3.27. The van der Waals surface area contributed by atoms with Crippen LogP contribution in [0.2, 0.25) is 0 Å². The van der Waals surface area contributed by atoms with Crippen molar-refractivity contribution in [3.05, 3.63) is 0 Å². The summed E-state index contributed by atoms with van der Waals surface area (Å²) < 4.78 is 15.6. The molecule has 0 atom stereocenters. The van der Waals surface area contributed by atoms with E-state index in [2.05, 4.69) is 0 Å². The van der Waals surface area contributed by atoms with E-state index < -0.39 is 12.3 Å². The molecule has 0 aromatic rings. The fourth-order valence-corrected chi connectivity index (χ4v) is 2.48. The van der Waals surface area contributed by atoms with Gasteiger partial charge in [0.15, 0.2) is 0 Å². The van der Waals surface area contributed by atoms with Crippen LogP contribution >= 0.6 is 0 Å². The fourth-order valence-electron chi connectivity index (χ4n) is 2.48. The van der Waals surface area contributed by atoms with Gasteiger partial charge in [-0.05, 0) is 12.8 Å². The third kappa shape index (κ3) is 18.9. The zero-order chi connectivity index (χ0) is 18.3. The lowest BCUT2D eigenvalue weighted by Gasteiger charge is -2.03. The van der Waals surface area contributed by atoms with Crippen molar-refractivity contribution in [1.29, 1.82) is 0 Å². The molecule has 0 heterocycles. The highest BCUT2D eigenvalue weighted by atomic mass is 16.1. The summed E-state index contributed by atoms with van der Waals surface area (Å²) in [6.07, 6.45) is 12.7. The topological polar surface area (TPSA) is 86.2 Å². The van der Waals surface area contributed by atoms with E-state index in [0.29, 0.717) is 12.8 Å². The van der Waals surface area contributed by atoms with E-state index in [1.54, 1.807) is 0 Å². The van der Waals surface area contributed by atoms with E-state index in [4.69, 9.17) is 14.2 Å². The van der Waals surface area contributed by atoms with Gasteiger partial charge in [-0.3, -0.25) is 9.59 Å². The number of hydrogen-bond donors (Lipinski definition) is 2. The minimum atomic E-state index is -1.26. The number of carbonyl (C=O) groups excluding carboxylic acids is 2. The molecule has 22 heavy (non-hydrogen) atoms. The van der Waals surface area contributed by atoms with Gasteiger partial charge >= 0.3 is 0 Å². The molecule has 0 rings (SSSR count). The number of amides is 2. The third-order valence-electron chi connectivity index (χ3n) is 3.82. The first-order valence-electron chi connectivity index (χ1n) is 9.90. The van der Waals surface area contributed by atoms with Crippen LogP contribution in [0.25, 0.3) is 0 Å². The van der Waals surface area contributed by atoms with E-state index in [0.717, 1.165) is 32.1 Å². The molecule has 0 bridgehead atoms. The number of unbranched alkanes of at least 4 members (excludes halogenated alkanes) is 10. The van der Waals surface area contributed by atoms with Crippen molar-refractivity contribution in [1.82, 2.24) is 0 Å². The number of primary amides is 2. The van der Waals surface area contributed by atoms with Crippen molar-refractivity contribution in [3.63, 3.8) is 0 Å². The first-order chi connectivity index (χ1) is 11.3. The largest absolute Gasteiger partial charge is 0.370 e. The minimum absolute atomic E-state index is 0.134. The van der Waals surface area contributed by atoms with Crippen molar-refractivity contribution >= 4 is 11.8 Å². The van der Waals surface area contributed by atoms with Crippen LogP contribution in [0.3, 0.4) is 0 Å². The summed E-state index contributed by atoms with van der Waals surface area (Å²) in [5, 5.41) is 0. The van der Waals surface area contributed by atoms with Gasteiger partial charge in [0.1, 0.15) is 0 Å². The monoisotopic (exact) mass is 314 g/mol. The van der Waals surface area contributed by atoms with Crippen LogP contribution in [0, 0.1) is 0 Å². The van der Waals surface area contributed by atoms with Gasteiger partial charge in [0.05, 0.1) is 0 Å². The molecule has 0 saturated carbocycles. The van der Waals surface area contributed by atoms with E-state index >= 15 is 0 Å². The molecule has 0 saturated heterocycles. The first-order valence-corrected chi connectivity index (χ1v) is 8.90. The second-order valence-corrected chi connectivity index (χ2v) is 6.07. The molecule has 0 aliphatic rings. The summed E-state index contributed by atoms with van der Waals surface area (Å²) in [4.78, 5) is 21.3. The molecule has 0 aliphatic heterocycles. The first kappa shape index (κ1) is 17.3. The quantitative estimate of drug-likeness (QED) is 0.394. The number of rotatable bonds is 17. The van der Waals surface area contributed by atoms with E-state index in [1.807, 2.05) is 0 Å². The van der Waals surface area contributed by atoms with Gasteiger partial charge in [-0.2, -0.15) is 0 Å². The highest BCUT2D eigenvalue weighted by Crippen LogP contribution is 2.13. The molecule has 0 unspecified atom stereocenters. The Morgan fingerprint density at radius 3 is 1.27 bits per heavy atom. The normalized spacial score (nSPS) is 12.7. The fraction of sp³-hybridized carbons (Fsp3) is 0.889. The molecule has 0 aromatic carbocycles. The summed E-state index contributed by atoms with van der Waals surface area (Å²) in [6, 6.07) is 0. The van der Waals surface area contributed by atoms with Crippen molar-refractivity contribution in [3.8, 4) is 0 Å². The Morgan fingerprint density at radius 1 is 0.545 bits per heavy atom.